The zero-order chi connectivity index (χ0) is 25.4. The maximum absolute atomic E-state index is 12.0. The standard InChI is InChI=1S/C24H19BrCl3N3O4/c1-2-34-21-11-14(10-18(25)22(21)35-13-17-19(27)4-3-5-20(17)28)12-29-31-24(33)23(32)30-16-8-6-15(26)7-9-16/h3-12H,2,13H2,1H3,(H,30,32)(H,31,33). The lowest BCUT2D eigenvalue weighted by molar-refractivity contribution is -0.136. The third-order valence-corrected chi connectivity index (χ3v) is 5.99. The lowest BCUT2D eigenvalue weighted by Gasteiger charge is -2.15. The molecule has 0 heterocycles. The van der Waals surface area contributed by atoms with Crippen LogP contribution in [-0.2, 0) is 16.2 Å². The number of halogens is 4. The minimum atomic E-state index is -0.933. The summed E-state index contributed by atoms with van der Waals surface area (Å²) in [6, 6.07) is 15.0. The molecule has 0 saturated carbocycles. The highest BCUT2D eigenvalue weighted by molar-refractivity contribution is 9.10. The summed E-state index contributed by atoms with van der Waals surface area (Å²) in [5, 5.41) is 7.79. The number of nitrogens with one attached hydrogen (secondary N) is 2. The van der Waals surface area contributed by atoms with Gasteiger partial charge in [-0.25, -0.2) is 5.43 Å². The lowest BCUT2D eigenvalue weighted by atomic mass is 10.2. The number of benzene rings is 3. The van der Waals surface area contributed by atoms with Gasteiger partial charge < -0.3 is 14.8 Å². The van der Waals surface area contributed by atoms with Crippen molar-refractivity contribution in [3.05, 3.63) is 85.3 Å². The van der Waals surface area contributed by atoms with Gasteiger partial charge in [-0.3, -0.25) is 9.59 Å². The first-order valence-corrected chi connectivity index (χ1v) is 12.1. The number of ether oxygens (including phenoxy) is 2. The second-order valence-electron chi connectivity index (χ2n) is 6.91. The minimum absolute atomic E-state index is 0.128. The Morgan fingerprint density at radius 2 is 1.69 bits per heavy atom. The Bertz CT molecular complexity index is 1230. The molecule has 3 aromatic rings. The van der Waals surface area contributed by atoms with Crippen LogP contribution in [0.5, 0.6) is 11.5 Å². The van der Waals surface area contributed by atoms with Gasteiger partial charge in [0.05, 0.1) is 17.3 Å². The zero-order valence-electron chi connectivity index (χ0n) is 18.3. The van der Waals surface area contributed by atoms with Gasteiger partial charge in [0.2, 0.25) is 0 Å². The summed E-state index contributed by atoms with van der Waals surface area (Å²) < 4.78 is 12.2. The summed E-state index contributed by atoms with van der Waals surface area (Å²) in [6.07, 6.45) is 1.37. The van der Waals surface area contributed by atoms with Gasteiger partial charge in [0.1, 0.15) is 6.61 Å². The molecule has 0 radical (unpaired) electrons. The third kappa shape index (κ3) is 7.60. The monoisotopic (exact) mass is 597 g/mol. The van der Waals surface area contributed by atoms with Crippen LogP contribution < -0.4 is 20.2 Å². The second kappa shape index (κ2) is 12.8. The van der Waals surface area contributed by atoms with Crippen molar-refractivity contribution in [3.8, 4) is 11.5 Å². The van der Waals surface area contributed by atoms with Gasteiger partial charge in [0.25, 0.3) is 0 Å². The number of hydrogen-bond donors (Lipinski definition) is 2. The molecule has 0 fully saturated rings. The Morgan fingerprint density at radius 1 is 1.00 bits per heavy atom. The normalized spacial score (nSPS) is 10.8. The van der Waals surface area contributed by atoms with Gasteiger partial charge in [0, 0.05) is 26.3 Å². The Kier molecular flexibility index (Phi) is 9.80. The summed E-state index contributed by atoms with van der Waals surface area (Å²) >= 11 is 21.7. The molecule has 0 saturated heterocycles. The molecule has 0 aliphatic rings. The lowest BCUT2D eigenvalue weighted by Crippen LogP contribution is -2.32. The highest BCUT2D eigenvalue weighted by Crippen LogP contribution is 2.38. The van der Waals surface area contributed by atoms with E-state index in [9.17, 15) is 9.59 Å². The van der Waals surface area contributed by atoms with Gasteiger partial charge in [-0.05, 0) is 76.9 Å². The fourth-order valence-electron chi connectivity index (χ4n) is 2.82. The zero-order valence-corrected chi connectivity index (χ0v) is 22.1. The molecule has 0 aromatic heterocycles. The van der Waals surface area contributed by atoms with E-state index in [4.69, 9.17) is 44.3 Å². The van der Waals surface area contributed by atoms with Gasteiger partial charge >= 0.3 is 11.8 Å². The van der Waals surface area contributed by atoms with Crippen LogP contribution in [0.4, 0.5) is 5.69 Å². The number of amides is 2. The quantitative estimate of drug-likeness (QED) is 0.176. The molecule has 11 heteroatoms. The Labute approximate surface area is 225 Å². The summed E-state index contributed by atoms with van der Waals surface area (Å²) in [4.78, 5) is 24.1. The van der Waals surface area contributed by atoms with Crippen LogP contribution in [0, 0.1) is 0 Å². The topological polar surface area (TPSA) is 89.0 Å². The highest BCUT2D eigenvalue weighted by Gasteiger charge is 2.15. The van der Waals surface area contributed by atoms with Gasteiger partial charge in [-0.1, -0.05) is 40.9 Å². The largest absolute Gasteiger partial charge is 0.490 e. The summed E-state index contributed by atoms with van der Waals surface area (Å²) in [6.45, 7) is 2.35. The maximum Gasteiger partial charge on any atom is 0.329 e. The molecule has 182 valence electrons. The Balaban J connectivity index is 1.67. The van der Waals surface area contributed by atoms with Crippen LogP contribution in [0.3, 0.4) is 0 Å². The van der Waals surface area contributed by atoms with E-state index in [1.807, 2.05) is 6.92 Å². The number of hydrogen-bond acceptors (Lipinski definition) is 5. The molecular formula is C24H19BrCl3N3O4. The molecule has 0 unspecified atom stereocenters. The summed E-state index contributed by atoms with van der Waals surface area (Å²) in [5.74, 6) is -0.913. The van der Waals surface area contributed by atoms with E-state index in [1.165, 1.54) is 6.21 Å². The van der Waals surface area contributed by atoms with Crippen LogP contribution >= 0.6 is 50.7 Å². The predicted octanol–water partition coefficient (Wildman–Crippen LogP) is 6.48. The fraction of sp³-hybridized carbons (Fsp3) is 0.125. The molecule has 0 aliphatic carbocycles. The van der Waals surface area contributed by atoms with E-state index < -0.39 is 11.8 Å². The third-order valence-electron chi connectivity index (χ3n) is 4.44. The average molecular weight is 600 g/mol. The van der Waals surface area contributed by atoms with Crippen molar-refractivity contribution in [3.63, 3.8) is 0 Å². The minimum Gasteiger partial charge on any atom is -0.490 e. The first-order chi connectivity index (χ1) is 16.8. The van der Waals surface area contributed by atoms with Crippen molar-refractivity contribution >= 4 is 74.4 Å². The fourth-order valence-corrected chi connectivity index (χ4v) is 4.02. The van der Waals surface area contributed by atoms with E-state index in [-0.39, 0.29) is 6.61 Å². The van der Waals surface area contributed by atoms with Crippen molar-refractivity contribution in [2.75, 3.05) is 11.9 Å². The van der Waals surface area contributed by atoms with E-state index in [2.05, 4.69) is 31.8 Å². The molecular weight excluding hydrogens is 581 g/mol. The van der Waals surface area contributed by atoms with Crippen molar-refractivity contribution in [2.45, 2.75) is 13.5 Å². The van der Waals surface area contributed by atoms with E-state index in [1.54, 1.807) is 54.6 Å². The van der Waals surface area contributed by atoms with E-state index in [0.29, 0.717) is 54.5 Å². The predicted molar refractivity (Wildman–Crippen MR) is 142 cm³/mol. The molecule has 35 heavy (non-hydrogen) atoms. The summed E-state index contributed by atoms with van der Waals surface area (Å²) in [7, 11) is 0. The number of carbonyl (C=O) groups is 2. The van der Waals surface area contributed by atoms with Gasteiger partial charge in [-0.2, -0.15) is 5.10 Å². The van der Waals surface area contributed by atoms with Crippen LogP contribution in [0.15, 0.2) is 64.2 Å². The second-order valence-corrected chi connectivity index (χ2v) is 9.02. The van der Waals surface area contributed by atoms with Crippen LogP contribution in [0.1, 0.15) is 18.1 Å². The highest BCUT2D eigenvalue weighted by atomic mass is 79.9. The molecule has 0 spiro atoms. The van der Waals surface area contributed by atoms with Crippen LogP contribution in [0.25, 0.3) is 0 Å². The SMILES string of the molecule is CCOc1cc(C=NNC(=O)C(=O)Nc2ccc(Cl)cc2)cc(Br)c1OCc1c(Cl)cccc1Cl. The van der Waals surface area contributed by atoms with Gasteiger partial charge in [0.15, 0.2) is 11.5 Å². The molecule has 0 aliphatic heterocycles. The molecule has 2 N–H and O–H groups in total. The van der Waals surface area contributed by atoms with Crippen LogP contribution in [-0.4, -0.2) is 24.6 Å². The Hall–Kier alpha value is -2.78. The average Bonchev–Trinajstić information content (AvgIpc) is 2.81. The molecule has 3 aromatic carbocycles. The summed E-state index contributed by atoms with van der Waals surface area (Å²) in [5.41, 5.74) is 3.84. The molecule has 3 rings (SSSR count). The van der Waals surface area contributed by atoms with E-state index in [0.717, 1.165) is 0 Å². The van der Waals surface area contributed by atoms with Gasteiger partial charge in [-0.15, -0.1) is 0 Å². The Morgan fingerprint density at radius 3 is 2.34 bits per heavy atom. The number of rotatable bonds is 8. The number of nitrogens with zero attached hydrogens (tertiary/aromatic N) is 1. The number of carbonyl (C=O) groups excluding carboxylic acids is 2. The molecule has 7 nitrogen and oxygen atoms in total. The smallest absolute Gasteiger partial charge is 0.329 e. The molecule has 0 bridgehead atoms. The first kappa shape index (κ1) is 26.8. The molecule has 0 atom stereocenters. The number of anilines is 1. The van der Waals surface area contributed by atoms with Crippen molar-refractivity contribution in [1.29, 1.82) is 0 Å². The van der Waals surface area contributed by atoms with Crippen LogP contribution in [0.2, 0.25) is 15.1 Å². The number of hydrazone groups is 1. The molecule has 2 amide bonds. The maximum atomic E-state index is 12.0. The van der Waals surface area contributed by atoms with Crippen molar-refractivity contribution < 1.29 is 19.1 Å². The van der Waals surface area contributed by atoms with E-state index >= 15 is 0 Å². The first-order valence-electron chi connectivity index (χ1n) is 10.2. The van der Waals surface area contributed by atoms with Crippen molar-refractivity contribution in [2.24, 2.45) is 5.10 Å². The van der Waals surface area contributed by atoms with Crippen molar-refractivity contribution in [1.82, 2.24) is 5.43 Å².